The normalized spacial score (nSPS) is 24.1. The van der Waals surface area contributed by atoms with Crippen molar-refractivity contribution in [2.45, 2.75) is 24.7 Å². The number of aromatic nitrogens is 1. The third kappa shape index (κ3) is 1.73. The molecule has 3 nitrogen and oxygen atoms in total. The highest BCUT2D eigenvalue weighted by Crippen LogP contribution is 2.37. The van der Waals surface area contributed by atoms with Crippen molar-refractivity contribution in [3.8, 4) is 0 Å². The number of ether oxygens (including phenoxy) is 1. The van der Waals surface area contributed by atoms with Crippen molar-refractivity contribution in [1.29, 1.82) is 0 Å². The molecule has 0 bridgehead atoms. The molecule has 0 N–H and O–H groups in total. The lowest BCUT2D eigenvalue weighted by Crippen LogP contribution is -2.37. The van der Waals surface area contributed by atoms with Crippen LogP contribution in [0.5, 0.6) is 0 Å². The van der Waals surface area contributed by atoms with E-state index in [0.29, 0.717) is 6.42 Å². The van der Waals surface area contributed by atoms with Crippen molar-refractivity contribution >= 4 is 5.97 Å². The summed E-state index contributed by atoms with van der Waals surface area (Å²) in [7, 11) is 1.45. The third-order valence-electron chi connectivity index (χ3n) is 3.18. The van der Waals surface area contributed by atoms with E-state index < -0.39 is 5.41 Å². The largest absolute Gasteiger partial charge is 0.468 e. The number of allylic oxidation sites excluding steroid dienone is 2. The van der Waals surface area contributed by atoms with E-state index >= 15 is 0 Å². The second kappa shape index (κ2) is 4.47. The molecule has 1 aromatic rings. The van der Waals surface area contributed by atoms with Crippen molar-refractivity contribution < 1.29 is 9.53 Å². The van der Waals surface area contributed by atoms with Gasteiger partial charge in [0.25, 0.3) is 0 Å². The number of nitrogens with zero attached hydrogens (tertiary/aromatic N) is 1. The minimum atomic E-state index is -0.507. The molecule has 0 saturated carbocycles. The molecule has 0 radical (unpaired) electrons. The Bertz CT molecular complexity index is 400. The Labute approximate surface area is 95.2 Å². The molecular formula is C13H15NO2. The molecule has 1 aromatic heterocycles. The van der Waals surface area contributed by atoms with E-state index in [1.807, 2.05) is 12.1 Å². The first kappa shape index (κ1) is 10.9. The number of hydrogen-bond acceptors (Lipinski definition) is 3. The fraction of sp³-hybridized carbons (Fsp3) is 0.385. The summed E-state index contributed by atoms with van der Waals surface area (Å²) in [5, 5.41) is 0. The molecule has 16 heavy (non-hydrogen) atoms. The van der Waals surface area contributed by atoms with E-state index in [4.69, 9.17) is 4.74 Å². The van der Waals surface area contributed by atoms with Gasteiger partial charge in [-0.15, -0.1) is 0 Å². The highest BCUT2D eigenvalue weighted by Gasteiger charge is 2.40. The predicted molar refractivity (Wildman–Crippen MR) is 60.9 cm³/mol. The number of esters is 1. The first-order valence-electron chi connectivity index (χ1n) is 5.43. The lowest BCUT2D eigenvalue weighted by atomic mass is 9.72. The van der Waals surface area contributed by atoms with E-state index in [1.165, 1.54) is 7.11 Å². The van der Waals surface area contributed by atoms with Crippen LogP contribution in [0.15, 0.2) is 36.7 Å². The quantitative estimate of drug-likeness (QED) is 0.563. The summed E-state index contributed by atoms with van der Waals surface area (Å²) in [4.78, 5) is 16.0. The smallest absolute Gasteiger partial charge is 0.316 e. The Morgan fingerprint density at radius 2 is 2.12 bits per heavy atom. The number of pyridine rings is 1. The van der Waals surface area contributed by atoms with Crippen molar-refractivity contribution in [3.63, 3.8) is 0 Å². The molecule has 2 rings (SSSR count). The van der Waals surface area contributed by atoms with E-state index in [-0.39, 0.29) is 5.97 Å². The Balaban J connectivity index is 2.42. The lowest BCUT2D eigenvalue weighted by molar-refractivity contribution is -0.148. The molecule has 1 unspecified atom stereocenters. The van der Waals surface area contributed by atoms with Gasteiger partial charge in [0.1, 0.15) is 0 Å². The van der Waals surface area contributed by atoms with Crippen LogP contribution in [0.3, 0.4) is 0 Å². The van der Waals surface area contributed by atoms with Crippen molar-refractivity contribution in [1.82, 2.24) is 4.98 Å². The van der Waals surface area contributed by atoms with E-state index in [2.05, 4.69) is 17.1 Å². The number of methoxy groups -OCH3 is 1. The summed E-state index contributed by atoms with van der Waals surface area (Å²) in [6.07, 6.45) is 10.0. The second-order valence-corrected chi connectivity index (χ2v) is 4.02. The number of carbonyl (C=O) groups is 1. The predicted octanol–water partition coefficient (Wildman–Crippen LogP) is 2.23. The summed E-state index contributed by atoms with van der Waals surface area (Å²) in [5.41, 5.74) is 0.491. The average molecular weight is 217 g/mol. The molecule has 1 aliphatic carbocycles. The van der Waals surface area contributed by atoms with Crippen LogP contribution in [-0.4, -0.2) is 18.1 Å². The van der Waals surface area contributed by atoms with Gasteiger partial charge in [0.15, 0.2) is 0 Å². The maximum absolute atomic E-state index is 12.0. The number of rotatable bonds is 2. The Morgan fingerprint density at radius 3 is 2.69 bits per heavy atom. The molecule has 0 amide bonds. The van der Waals surface area contributed by atoms with E-state index in [1.54, 1.807) is 12.4 Å². The van der Waals surface area contributed by atoms with Crippen LogP contribution in [0.2, 0.25) is 0 Å². The van der Waals surface area contributed by atoms with Crippen LogP contribution in [0.25, 0.3) is 0 Å². The first-order valence-corrected chi connectivity index (χ1v) is 5.43. The van der Waals surface area contributed by atoms with Gasteiger partial charge < -0.3 is 4.74 Å². The van der Waals surface area contributed by atoms with Crippen LogP contribution in [0, 0.1) is 0 Å². The highest BCUT2D eigenvalue weighted by molar-refractivity contribution is 5.83. The summed E-state index contributed by atoms with van der Waals surface area (Å²) in [6.45, 7) is 0. The summed E-state index contributed by atoms with van der Waals surface area (Å²) >= 11 is 0. The van der Waals surface area contributed by atoms with Crippen molar-refractivity contribution in [2.75, 3.05) is 7.11 Å². The van der Waals surface area contributed by atoms with Crippen LogP contribution in [0.4, 0.5) is 0 Å². The van der Waals surface area contributed by atoms with Gasteiger partial charge in [0, 0.05) is 12.4 Å². The van der Waals surface area contributed by atoms with Crippen molar-refractivity contribution in [2.24, 2.45) is 0 Å². The molecular weight excluding hydrogens is 202 g/mol. The van der Waals surface area contributed by atoms with Gasteiger partial charge in [0.2, 0.25) is 0 Å². The number of carbonyl (C=O) groups excluding carboxylic acids is 1. The van der Waals surface area contributed by atoms with Crippen LogP contribution in [0.1, 0.15) is 24.8 Å². The fourth-order valence-corrected chi connectivity index (χ4v) is 2.27. The zero-order valence-electron chi connectivity index (χ0n) is 9.35. The Morgan fingerprint density at radius 1 is 1.38 bits per heavy atom. The molecule has 0 saturated heterocycles. The lowest BCUT2D eigenvalue weighted by Gasteiger charge is -2.32. The SMILES string of the molecule is COC(=O)C1(c2ccncc2)CC=CCC1. The summed E-state index contributed by atoms with van der Waals surface area (Å²) in [5.74, 6) is -0.150. The monoisotopic (exact) mass is 217 g/mol. The van der Waals surface area contributed by atoms with Gasteiger partial charge in [-0.3, -0.25) is 9.78 Å². The van der Waals surface area contributed by atoms with Crippen molar-refractivity contribution in [3.05, 3.63) is 42.2 Å². The average Bonchev–Trinajstić information content (AvgIpc) is 2.39. The molecule has 1 heterocycles. The van der Waals surface area contributed by atoms with Crippen LogP contribution >= 0.6 is 0 Å². The Hall–Kier alpha value is -1.64. The van der Waals surface area contributed by atoms with Gasteiger partial charge in [-0.2, -0.15) is 0 Å². The molecule has 0 aromatic carbocycles. The van der Waals surface area contributed by atoms with Gasteiger partial charge >= 0.3 is 5.97 Å². The molecule has 3 heteroatoms. The highest BCUT2D eigenvalue weighted by atomic mass is 16.5. The Kier molecular flexibility index (Phi) is 3.04. The van der Waals surface area contributed by atoms with Crippen LogP contribution < -0.4 is 0 Å². The topological polar surface area (TPSA) is 39.2 Å². The minimum absolute atomic E-state index is 0.150. The fourth-order valence-electron chi connectivity index (χ4n) is 2.27. The molecule has 0 aliphatic heterocycles. The molecule has 0 fully saturated rings. The zero-order chi connectivity index (χ0) is 11.4. The molecule has 1 aliphatic rings. The van der Waals surface area contributed by atoms with Crippen LogP contribution in [-0.2, 0) is 14.9 Å². The summed E-state index contributed by atoms with van der Waals surface area (Å²) in [6, 6.07) is 3.80. The summed E-state index contributed by atoms with van der Waals surface area (Å²) < 4.78 is 4.95. The molecule has 84 valence electrons. The van der Waals surface area contributed by atoms with Gasteiger partial charge in [-0.1, -0.05) is 12.2 Å². The second-order valence-electron chi connectivity index (χ2n) is 4.02. The van der Waals surface area contributed by atoms with Gasteiger partial charge in [0.05, 0.1) is 12.5 Å². The van der Waals surface area contributed by atoms with E-state index in [0.717, 1.165) is 18.4 Å². The number of hydrogen-bond donors (Lipinski definition) is 0. The molecule has 1 atom stereocenters. The van der Waals surface area contributed by atoms with Gasteiger partial charge in [-0.05, 0) is 37.0 Å². The zero-order valence-corrected chi connectivity index (χ0v) is 9.35. The van der Waals surface area contributed by atoms with E-state index in [9.17, 15) is 4.79 Å². The maximum atomic E-state index is 12.0. The standard InChI is InChI=1S/C13H15NO2/c1-16-12(15)13(7-3-2-4-8-13)11-5-9-14-10-6-11/h2-3,5-6,9-10H,4,7-8H2,1H3. The minimum Gasteiger partial charge on any atom is -0.468 e. The first-order chi connectivity index (χ1) is 7.79. The third-order valence-corrected chi connectivity index (χ3v) is 3.18. The van der Waals surface area contributed by atoms with Gasteiger partial charge in [-0.25, -0.2) is 0 Å². The molecule has 0 spiro atoms. The maximum Gasteiger partial charge on any atom is 0.316 e.